The Hall–Kier alpha value is -0.500. The van der Waals surface area contributed by atoms with Crippen molar-refractivity contribution in [2.45, 2.75) is 31.2 Å². The van der Waals surface area contributed by atoms with Gasteiger partial charge in [-0.1, -0.05) is 13.8 Å². The van der Waals surface area contributed by atoms with Gasteiger partial charge in [0.2, 0.25) is 10.0 Å². The first-order valence-corrected chi connectivity index (χ1v) is 7.86. The van der Waals surface area contributed by atoms with Crippen molar-refractivity contribution in [1.29, 1.82) is 0 Å². The molecular formula is C11H17BrN2O3S. The number of aliphatic hydroxyl groups is 1. The molecule has 0 saturated heterocycles. The van der Waals surface area contributed by atoms with Crippen molar-refractivity contribution < 1.29 is 13.5 Å². The minimum Gasteiger partial charge on any atom is -0.395 e. The zero-order valence-corrected chi connectivity index (χ0v) is 12.7. The van der Waals surface area contributed by atoms with E-state index in [-0.39, 0.29) is 11.5 Å². The lowest BCUT2D eigenvalue weighted by molar-refractivity contribution is 0.240. The summed E-state index contributed by atoms with van der Waals surface area (Å²) in [6.07, 6.45) is 3.37. The molecule has 102 valence electrons. The molecule has 18 heavy (non-hydrogen) atoms. The van der Waals surface area contributed by atoms with Crippen molar-refractivity contribution in [3.05, 3.63) is 22.9 Å². The Balaban J connectivity index is 2.87. The van der Waals surface area contributed by atoms with E-state index in [4.69, 9.17) is 0 Å². The van der Waals surface area contributed by atoms with Gasteiger partial charge in [-0.2, -0.15) is 0 Å². The van der Waals surface area contributed by atoms with Gasteiger partial charge in [0.05, 0.1) is 6.61 Å². The van der Waals surface area contributed by atoms with Crippen LogP contribution in [0.2, 0.25) is 0 Å². The van der Waals surface area contributed by atoms with Crippen LogP contribution in [0.3, 0.4) is 0 Å². The number of hydrogen-bond donors (Lipinski definition) is 2. The molecule has 2 N–H and O–H groups in total. The number of nitrogens with one attached hydrogen (secondary N) is 1. The molecule has 7 heteroatoms. The maximum atomic E-state index is 12.1. The standard InChI is InChI=1S/C11H17BrN2O3S/c1-8(2)3-10(7-15)14-18(16,17)11-4-9(12)5-13-6-11/h4-6,8,10,14-15H,3,7H2,1-2H3. The third-order valence-electron chi connectivity index (χ3n) is 2.29. The van der Waals surface area contributed by atoms with Crippen molar-refractivity contribution in [3.8, 4) is 0 Å². The van der Waals surface area contributed by atoms with Crippen LogP contribution in [0.5, 0.6) is 0 Å². The average Bonchev–Trinajstić information content (AvgIpc) is 2.27. The van der Waals surface area contributed by atoms with Crippen LogP contribution in [0.25, 0.3) is 0 Å². The zero-order chi connectivity index (χ0) is 13.8. The largest absolute Gasteiger partial charge is 0.395 e. The van der Waals surface area contributed by atoms with Crippen molar-refractivity contribution in [3.63, 3.8) is 0 Å². The number of sulfonamides is 1. The Morgan fingerprint density at radius 2 is 2.11 bits per heavy atom. The van der Waals surface area contributed by atoms with Crippen molar-refractivity contribution in [2.24, 2.45) is 5.92 Å². The van der Waals surface area contributed by atoms with Gasteiger partial charge in [-0.05, 0) is 34.3 Å². The topological polar surface area (TPSA) is 79.3 Å². The molecule has 0 fully saturated rings. The molecule has 0 aliphatic carbocycles. The van der Waals surface area contributed by atoms with Crippen molar-refractivity contribution in [2.75, 3.05) is 6.61 Å². The van der Waals surface area contributed by atoms with Gasteiger partial charge in [0.25, 0.3) is 0 Å². The lowest BCUT2D eigenvalue weighted by atomic mass is 10.1. The summed E-state index contributed by atoms with van der Waals surface area (Å²) in [5, 5.41) is 9.19. The highest BCUT2D eigenvalue weighted by molar-refractivity contribution is 9.10. The van der Waals surface area contributed by atoms with E-state index in [1.165, 1.54) is 18.5 Å². The van der Waals surface area contributed by atoms with Gasteiger partial charge in [0.15, 0.2) is 0 Å². The zero-order valence-electron chi connectivity index (χ0n) is 10.3. The Morgan fingerprint density at radius 1 is 1.44 bits per heavy atom. The molecule has 0 aromatic carbocycles. The molecule has 0 spiro atoms. The molecule has 0 amide bonds. The fraction of sp³-hybridized carbons (Fsp3) is 0.545. The van der Waals surface area contributed by atoms with E-state index >= 15 is 0 Å². The average molecular weight is 337 g/mol. The lowest BCUT2D eigenvalue weighted by Gasteiger charge is -2.18. The van der Waals surface area contributed by atoms with Crippen LogP contribution in [0.4, 0.5) is 0 Å². The number of aliphatic hydroxyl groups excluding tert-OH is 1. The minimum absolute atomic E-state index is 0.0825. The molecule has 1 aromatic heterocycles. The molecule has 0 aliphatic rings. The van der Waals surface area contributed by atoms with E-state index in [0.717, 1.165) is 0 Å². The van der Waals surface area contributed by atoms with Crippen LogP contribution in [0, 0.1) is 5.92 Å². The summed E-state index contributed by atoms with van der Waals surface area (Å²) < 4.78 is 27.2. The lowest BCUT2D eigenvalue weighted by Crippen LogP contribution is -2.38. The fourth-order valence-electron chi connectivity index (χ4n) is 1.56. The van der Waals surface area contributed by atoms with E-state index in [9.17, 15) is 13.5 Å². The summed E-state index contributed by atoms with van der Waals surface area (Å²) in [7, 11) is -3.64. The summed E-state index contributed by atoms with van der Waals surface area (Å²) in [4.78, 5) is 3.90. The molecule has 1 atom stereocenters. The quantitative estimate of drug-likeness (QED) is 0.825. The minimum atomic E-state index is -3.64. The van der Waals surface area contributed by atoms with Crippen LogP contribution in [-0.4, -0.2) is 31.2 Å². The molecule has 1 heterocycles. The molecular weight excluding hydrogens is 320 g/mol. The van der Waals surface area contributed by atoms with Crippen LogP contribution in [0.15, 0.2) is 27.8 Å². The van der Waals surface area contributed by atoms with E-state index in [1.807, 2.05) is 13.8 Å². The summed E-state index contributed by atoms with van der Waals surface area (Å²) in [5.74, 6) is 0.297. The molecule has 0 bridgehead atoms. The highest BCUT2D eigenvalue weighted by Gasteiger charge is 2.20. The maximum Gasteiger partial charge on any atom is 0.242 e. The van der Waals surface area contributed by atoms with Crippen molar-refractivity contribution >= 4 is 26.0 Å². The Labute approximate surface area is 116 Å². The molecule has 0 aliphatic heterocycles. The smallest absolute Gasteiger partial charge is 0.242 e. The first-order valence-electron chi connectivity index (χ1n) is 5.59. The van der Waals surface area contributed by atoms with E-state index in [2.05, 4.69) is 25.6 Å². The van der Waals surface area contributed by atoms with Crippen LogP contribution < -0.4 is 4.72 Å². The second kappa shape index (κ2) is 6.60. The van der Waals surface area contributed by atoms with Gasteiger partial charge in [-0.25, -0.2) is 13.1 Å². The summed E-state index contributed by atoms with van der Waals surface area (Å²) in [6, 6.07) is 0.994. The van der Waals surface area contributed by atoms with Crippen LogP contribution >= 0.6 is 15.9 Å². The van der Waals surface area contributed by atoms with Gasteiger partial charge < -0.3 is 5.11 Å². The normalized spacial score (nSPS) is 13.8. The maximum absolute atomic E-state index is 12.1. The molecule has 0 radical (unpaired) electrons. The first-order chi connectivity index (χ1) is 8.35. The number of aromatic nitrogens is 1. The second-order valence-corrected chi connectivity index (χ2v) is 7.10. The summed E-state index contributed by atoms with van der Waals surface area (Å²) in [5.41, 5.74) is 0. The van der Waals surface area contributed by atoms with E-state index in [0.29, 0.717) is 16.8 Å². The molecule has 1 rings (SSSR count). The predicted molar refractivity (Wildman–Crippen MR) is 72.6 cm³/mol. The first kappa shape index (κ1) is 15.6. The number of rotatable bonds is 6. The third-order valence-corrected chi connectivity index (χ3v) is 4.21. The monoisotopic (exact) mass is 336 g/mol. The van der Waals surface area contributed by atoms with Crippen molar-refractivity contribution in [1.82, 2.24) is 9.71 Å². The SMILES string of the molecule is CC(C)CC(CO)NS(=O)(=O)c1cncc(Br)c1. The highest BCUT2D eigenvalue weighted by atomic mass is 79.9. The van der Waals surface area contributed by atoms with Gasteiger partial charge in [0, 0.05) is 22.9 Å². The van der Waals surface area contributed by atoms with Gasteiger partial charge >= 0.3 is 0 Å². The number of halogens is 1. The second-order valence-electron chi connectivity index (χ2n) is 4.47. The van der Waals surface area contributed by atoms with E-state index < -0.39 is 16.1 Å². The molecule has 1 aromatic rings. The number of nitrogens with zero attached hydrogens (tertiary/aromatic N) is 1. The number of pyridine rings is 1. The van der Waals surface area contributed by atoms with Crippen LogP contribution in [-0.2, 0) is 10.0 Å². The van der Waals surface area contributed by atoms with Gasteiger partial charge in [0.1, 0.15) is 4.90 Å². The van der Waals surface area contributed by atoms with E-state index in [1.54, 1.807) is 0 Å². The Morgan fingerprint density at radius 3 is 2.61 bits per heavy atom. The summed E-state index contributed by atoms with van der Waals surface area (Å²) in [6.45, 7) is 3.72. The number of hydrogen-bond acceptors (Lipinski definition) is 4. The fourth-order valence-corrected chi connectivity index (χ4v) is 3.30. The molecule has 5 nitrogen and oxygen atoms in total. The molecule has 1 unspecified atom stereocenters. The highest BCUT2D eigenvalue weighted by Crippen LogP contribution is 2.15. The van der Waals surface area contributed by atoms with Gasteiger partial charge in [-0.15, -0.1) is 0 Å². The Kier molecular flexibility index (Phi) is 5.71. The third kappa shape index (κ3) is 4.64. The van der Waals surface area contributed by atoms with Crippen LogP contribution in [0.1, 0.15) is 20.3 Å². The molecule has 0 saturated carbocycles. The van der Waals surface area contributed by atoms with Gasteiger partial charge in [-0.3, -0.25) is 4.98 Å². The Bertz CT molecular complexity index is 491. The summed E-state index contributed by atoms with van der Waals surface area (Å²) >= 11 is 3.17. The predicted octanol–water partition coefficient (Wildman–Crippen LogP) is 1.53.